The minimum atomic E-state index is -4.74. The summed E-state index contributed by atoms with van der Waals surface area (Å²) >= 11 is 0. The summed E-state index contributed by atoms with van der Waals surface area (Å²) in [4.78, 5) is 36.0. The standard InChI is InChI=1S/C23H23F3N4O7S/c1-14-19(21(31)32)20(15-6-3-8-17(12-15)30(34)35)29(22(33)27-14)11-5-10-28(2)38(36,37)18-9-4-7-16(13-18)23(24,25)26/h3-4,6-9,12-13,20H,5,10-11H2,1-2H3,(H,27,33)(H,31,32). The maximum absolute atomic E-state index is 13.0. The average Bonchev–Trinajstić information content (AvgIpc) is 2.84. The maximum atomic E-state index is 13.0. The summed E-state index contributed by atoms with van der Waals surface area (Å²) in [6.07, 6.45) is -4.76. The van der Waals surface area contributed by atoms with Crippen LogP contribution in [-0.4, -0.2) is 59.8 Å². The number of hydrogen-bond acceptors (Lipinski definition) is 6. The number of carboxylic acid groups (broad SMARTS) is 1. The van der Waals surface area contributed by atoms with Crippen LogP contribution in [-0.2, 0) is 21.0 Å². The Kier molecular flexibility index (Phi) is 8.12. The van der Waals surface area contributed by atoms with Gasteiger partial charge in [-0.3, -0.25) is 10.1 Å². The highest BCUT2D eigenvalue weighted by Crippen LogP contribution is 2.35. The first-order valence-electron chi connectivity index (χ1n) is 11.0. The fourth-order valence-corrected chi connectivity index (χ4v) is 5.29. The molecule has 1 aliphatic rings. The lowest BCUT2D eigenvalue weighted by atomic mass is 9.93. The van der Waals surface area contributed by atoms with Crippen molar-refractivity contribution in [3.05, 3.63) is 81.0 Å². The molecule has 0 bridgehead atoms. The number of allylic oxidation sites excluding steroid dienone is 1. The minimum Gasteiger partial charge on any atom is -0.478 e. The average molecular weight is 557 g/mol. The fourth-order valence-electron chi connectivity index (χ4n) is 4.04. The Hall–Kier alpha value is -3.98. The highest BCUT2D eigenvalue weighted by Gasteiger charge is 2.38. The van der Waals surface area contributed by atoms with Crippen LogP contribution in [0.4, 0.5) is 23.7 Å². The van der Waals surface area contributed by atoms with Crippen LogP contribution in [0, 0.1) is 10.1 Å². The largest absolute Gasteiger partial charge is 0.478 e. The number of carboxylic acids is 1. The lowest BCUT2D eigenvalue weighted by Gasteiger charge is -2.37. The number of rotatable bonds is 9. The Bertz CT molecular complexity index is 1410. The highest BCUT2D eigenvalue weighted by molar-refractivity contribution is 7.89. The number of hydrogen-bond donors (Lipinski definition) is 2. The summed E-state index contributed by atoms with van der Waals surface area (Å²) in [6, 6.07) is 6.51. The summed E-state index contributed by atoms with van der Waals surface area (Å²) in [5, 5.41) is 23.5. The fraction of sp³-hybridized carbons (Fsp3) is 0.304. The topological polar surface area (TPSA) is 150 Å². The smallest absolute Gasteiger partial charge is 0.416 e. The molecule has 1 aliphatic heterocycles. The van der Waals surface area contributed by atoms with Crippen molar-refractivity contribution >= 4 is 27.7 Å². The zero-order valence-electron chi connectivity index (χ0n) is 20.1. The summed E-state index contributed by atoms with van der Waals surface area (Å²) in [5.41, 5.74) is -1.46. The quantitative estimate of drug-likeness (QED) is 0.353. The molecule has 2 aromatic rings. The maximum Gasteiger partial charge on any atom is 0.416 e. The Morgan fingerprint density at radius 3 is 2.47 bits per heavy atom. The molecular formula is C23H23F3N4O7S. The molecule has 0 aliphatic carbocycles. The number of nitro groups is 1. The minimum absolute atomic E-state index is 0.0283. The molecule has 38 heavy (non-hydrogen) atoms. The molecule has 0 radical (unpaired) electrons. The Labute approximate surface area is 215 Å². The number of aliphatic carboxylic acids is 1. The van der Waals surface area contributed by atoms with Gasteiger partial charge in [0.05, 0.1) is 27.0 Å². The summed E-state index contributed by atoms with van der Waals surface area (Å²) in [5.74, 6) is -1.37. The van der Waals surface area contributed by atoms with Gasteiger partial charge in [-0.25, -0.2) is 22.3 Å². The lowest BCUT2D eigenvalue weighted by molar-refractivity contribution is -0.384. The van der Waals surface area contributed by atoms with Crippen molar-refractivity contribution in [1.29, 1.82) is 0 Å². The van der Waals surface area contributed by atoms with Gasteiger partial charge in [0.15, 0.2) is 0 Å². The van der Waals surface area contributed by atoms with E-state index in [1.54, 1.807) is 0 Å². The van der Waals surface area contributed by atoms with Gasteiger partial charge in [0.2, 0.25) is 10.0 Å². The molecule has 0 saturated carbocycles. The Balaban J connectivity index is 1.85. The SMILES string of the molecule is CC1=C(C(=O)O)C(c2cccc([N+](=O)[O-])c2)N(CCCN(C)S(=O)(=O)c2cccc(C(F)(F)F)c2)C(=O)N1. The zero-order chi connectivity index (χ0) is 28.4. The summed E-state index contributed by atoms with van der Waals surface area (Å²) < 4.78 is 65.6. The number of carbonyl (C=O) groups excluding carboxylic acids is 1. The van der Waals surface area contributed by atoms with Crippen LogP contribution in [0.2, 0.25) is 0 Å². The van der Waals surface area contributed by atoms with Crippen LogP contribution in [0.25, 0.3) is 0 Å². The number of sulfonamides is 1. The van der Waals surface area contributed by atoms with Gasteiger partial charge in [0.1, 0.15) is 0 Å². The van der Waals surface area contributed by atoms with Crippen LogP contribution >= 0.6 is 0 Å². The zero-order valence-corrected chi connectivity index (χ0v) is 20.9. The van der Waals surface area contributed by atoms with Gasteiger partial charge in [0, 0.05) is 38.0 Å². The molecule has 0 fully saturated rings. The number of halogens is 3. The van der Waals surface area contributed by atoms with E-state index in [0.29, 0.717) is 6.07 Å². The van der Waals surface area contributed by atoms with Gasteiger partial charge in [0.25, 0.3) is 5.69 Å². The number of nitro benzene ring substituents is 1. The molecule has 1 unspecified atom stereocenters. The van der Waals surface area contributed by atoms with E-state index in [1.807, 2.05) is 0 Å². The second kappa shape index (κ2) is 10.8. The van der Waals surface area contributed by atoms with Crippen LogP contribution < -0.4 is 5.32 Å². The number of nitrogens with one attached hydrogen (secondary N) is 1. The summed E-state index contributed by atoms with van der Waals surface area (Å²) in [6.45, 7) is 0.972. The molecule has 2 N–H and O–H groups in total. The van der Waals surface area contributed by atoms with Crippen LogP contribution in [0.3, 0.4) is 0 Å². The number of alkyl halides is 3. The first-order chi connectivity index (χ1) is 17.6. The van der Waals surface area contributed by atoms with E-state index in [2.05, 4.69) is 5.32 Å². The van der Waals surface area contributed by atoms with Crippen molar-refractivity contribution < 1.29 is 41.2 Å². The van der Waals surface area contributed by atoms with Crippen LogP contribution in [0.1, 0.15) is 30.5 Å². The van der Waals surface area contributed by atoms with Gasteiger partial charge in [-0.1, -0.05) is 18.2 Å². The molecule has 15 heteroatoms. The number of urea groups is 1. The normalized spacial score (nSPS) is 16.5. The first kappa shape index (κ1) is 28.6. The van der Waals surface area contributed by atoms with E-state index in [4.69, 9.17) is 0 Å². The van der Waals surface area contributed by atoms with E-state index in [1.165, 1.54) is 25.1 Å². The third kappa shape index (κ3) is 5.94. The third-order valence-corrected chi connectivity index (χ3v) is 7.77. The highest BCUT2D eigenvalue weighted by atomic mass is 32.2. The molecule has 1 atom stereocenters. The van der Waals surface area contributed by atoms with Crippen LogP contribution in [0.5, 0.6) is 0 Å². The molecule has 2 amide bonds. The van der Waals surface area contributed by atoms with Crippen molar-refractivity contribution in [3.63, 3.8) is 0 Å². The van der Waals surface area contributed by atoms with Crippen molar-refractivity contribution in [1.82, 2.24) is 14.5 Å². The molecule has 0 saturated heterocycles. The van der Waals surface area contributed by atoms with Crippen molar-refractivity contribution in [3.8, 4) is 0 Å². The second-order valence-corrected chi connectivity index (χ2v) is 10.5. The van der Waals surface area contributed by atoms with E-state index in [9.17, 15) is 46.4 Å². The van der Waals surface area contributed by atoms with E-state index >= 15 is 0 Å². The molecule has 0 aromatic heterocycles. The second-order valence-electron chi connectivity index (χ2n) is 8.43. The molecule has 3 rings (SSSR count). The lowest BCUT2D eigenvalue weighted by Crippen LogP contribution is -2.49. The molecular weight excluding hydrogens is 533 g/mol. The first-order valence-corrected chi connectivity index (χ1v) is 12.5. The van der Waals surface area contributed by atoms with Crippen LogP contribution in [0.15, 0.2) is 64.7 Å². The van der Waals surface area contributed by atoms with Gasteiger partial charge < -0.3 is 15.3 Å². The molecule has 0 spiro atoms. The molecule has 204 valence electrons. The molecule has 11 nitrogen and oxygen atoms in total. The van der Waals surface area contributed by atoms with Gasteiger partial charge in [-0.15, -0.1) is 0 Å². The molecule has 1 heterocycles. The Morgan fingerprint density at radius 1 is 1.21 bits per heavy atom. The summed E-state index contributed by atoms with van der Waals surface area (Å²) in [7, 11) is -3.15. The molecule has 2 aromatic carbocycles. The number of non-ortho nitro benzene ring substituents is 1. The van der Waals surface area contributed by atoms with E-state index in [0.717, 1.165) is 40.5 Å². The van der Waals surface area contributed by atoms with Gasteiger partial charge >= 0.3 is 18.2 Å². The monoisotopic (exact) mass is 556 g/mol. The van der Waals surface area contributed by atoms with Gasteiger partial charge in [-0.05, 0) is 37.1 Å². The predicted molar refractivity (Wildman–Crippen MR) is 127 cm³/mol. The number of nitrogens with zero attached hydrogens (tertiary/aromatic N) is 3. The van der Waals surface area contributed by atoms with Crippen molar-refractivity contribution in [2.45, 2.75) is 30.5 Å². The number of amides is 2. The number of benzene rings is 2. The third-order valence-electron chi connectivity index (χ3n) is 5.91. The Morgan fingerprint density at radius 2 is 1.87 bits per heavy atom. The number of carbonyl (C=O) groups is 2. The van der Waals surface area contributed by atoms with E-state index in [-0.39, 0.29) is 42.0 Å². The van der Waals surface area contributed by atoms with Crippen molar-refractivity contribution in [2.75, 3.05) is 20.1 Å². The van der Waals surface area contributed by atoms with Crippen molar-refractivity contribution in [2.24, 2.45) is 0 Å². The predicted octanol–water partition coefficient (Wildman–Crippen LogP) is 3.75. The van der Waals surface area contributed by atoms with E-state index < -0.39 is 49.6 Å². The van der Waals surface area contributed by atoms with Gasteiger partial charge in [-0.2, -0.15) is 13.2 Å².